The normalized spacial score (nSPS) is 10.4. The minimum absolute atomic E-state index is 0.00368. The van der Waals surface area contributed by atoms with Crippen LogP contribution in [0.3, 0.4) is 0 Å². The van der Waals surface area contributed by atoms with E-state index < -0.39 is 0 Å². The Labute approximate surface area is 151 Å². The van der Waals surface area contributed by atoms with Crippen molar-refractivity contribution in [2.75, 3.05) is 12.9 Å². The maximum atomic E-state index is 12.0. The minimum Gasteiger partial charge on any atom is -0.497 e. The van der Waals surface area contributed by atoms with Crippen molar-refractivity contribution in [3.8, 4) is 11.4 Å². The molecule has 5 nitrogen and oxygen atoms in total. The molecule has 0 atom stereocenters. The summed E-state index contributed by atoms with van der Waals surface area (Å²) in [5.41, 5.74) is 2.05. The van der Waals surface area contributed by atoms with Crippen LogP contribution in [0.5, 0.6) is 5.75 Å². The Morgan fingerprint density at radius 1 is 1.20 bits per heavy atom. The topological polar surface area (TPSA) is 56.1 Å². The number of rotatable bonds is 7. The van der Waals surface area contributed by atoms with E-state index in [1.165, 1.54) is 11.8 Å². The minimum atomic E-state index is 0.00368. The van der Waals surface area contributed by atoms with Crippen LogP contribution in [0.25, 0.3) is 5.69 Å². The highest BCUT2D eigenvalue weighted by Gasteiger charge is 2.04. The predicted molar refractivity (Wildman–Crippen MR) is 99.1 cm³/mol. The van der Waals surface area contributed by atoms with E-state index in [9.17, 15) is 4.79 Å². The van der Waals surface area contributed by atoms with E-state index >= 15 is 0 Å². The molecule has 2 aromatic carbocycles. The number of ether oxygens (including phenoxy) is 1. The van der Waals surface area contributed by atoms with Gasteiger partial charge in [0.05, 0.1) is 18.6 Å². The van der Waals surface area contributed by atoms with Gasteiger partial charge in [-0.15, -0.1) is 11.8 Å². The van der Waals surface area contributed by atoms with E-state index in [-0.39, 0.29) is 5.91 Å². The quantitative estimate of drug-likeness (QED) is 0.662. The van der Waals surface area contributed by atoms with E-state index in [0.29, 0.717) is 12.3 Å². The molecule has 1 N–H and O–H groups in total. The number of hydrogen-bond acceptors (Lipinski definition) is 4. The maximum absolute atomic E-state index is 12.0. The summed E-state index contributed by atoms with van der Waals surface area (Å²) in [6, 6.07) is 17.5. The second kappa shape index (κ2) is 8.39. The van der Waals surface area contributed by atoms with Crippen LogP contribution in [0, 0.1) is 0 Å². The van der Waals surface area contributed by atoms with Gasteiger partial charge in [0, 0.05) is 23.8 Å². The van der Waals surface area contributed by atoms with Gasteiger partial charge >= 0.3 is 0 Å². The smallest absolute Gasteiger partial charge is 0.230 e. The molecule has 1 amide bonds. The lowest BCUT2D eigenvalue weighted by atomic mass is 10.2. The molecule has 3 rings (SSSR count). The second-order valence-electron chi connectivity index (χ2n) is 5.36. The number of nitrogens with one attached hydrogen (secondary N) is 1. The molecule has 0 bridgehead atoms. The van der Waals surface area contributed by atoms with Gasteiger partial charge in [-0.25, -0.2) is 4.68 Å². The zero-order chi connectivity index (χ0) is 17.5. The Balaban J connectivity index is 1.47. The molecule has 0 saturated carbocycles. The van der Waals surface area contributed by atoms with Gasteiger partial charge in [-0.1, -0.05) is 18.2 Å². The fraction of sp³-hybridized carbons (Fsp3) is 0.158. The van der Waals surface area contributed by atoms with Gasteiger partial charge in [-0.05, 0) is 42.0 Å². The second-order valence-corrected chi connectivity index (χ2v) is 6.41. The highest BCUT2D eigenvalue weighted by Crippen LogP contribution is 2.22. The molecule has 0 aliphatic carbocycles. The summed E-state index contributed by atoms with van der Waals surface area (Å²) < 4.78 is 6.98. The number of thioether (sulfide) groups is 1. The highest BCUT2D eigenvalue weighted by atomic mass is 32.2. The van der Waals surface area contributed by atoms with E-state index in [2.05, 4.69) is 10.4 Å². The number of aromatic nitrogens is 2. The first-order valence-electron chi connectivity index (χ1n) is 7.87. The van der Waals surface area contributed by atoms with E-state index in [1.54, 1.807) is 18.0 Å². The molecular formula is C19H19N3O2S. The van der Waals surface area contributed by atoms with Crippen molar-refractivity contribution in [3.05, 3.63) is 72.6 Å². The number of hydrogen-bond donors (Lipinski definition) is 1. The fourth-order valence-corrected chi connectivity index (χ4v) is 3.05. The summed E-state index contributed by atoms with van der Waals surface area (Å²) in [5.74, 6) is 1.17. The van der Waals surface area contributed by atoms with Crippen molar-refractivity contribution >= 4 is 17.7 Å². The Bertz CT molecular complexity index is 817. The van der Waals surface area contributed by atoms with E-state index in [1.807, 2.05) is 60.8 Å². The van der Waals surface area contributed by atoms with Crippen molar-refractivity contribution < 1.29 is 9.53 Å². The summed E-state index contributed by atoms with van der Waals surface area (Å²) in [6.07, 6.45) is 3.64. The lowest BCUT2D eigenvalue weighted by molar-refractivity contribution is -0.118. The van der Waals surface area contributed by atoms with Gasteiger partial charge < -0.3 is 10.1 Å². The third-order valence-electron chi connectivity index (χ3n) is 3.61. The average molecular weight is 353 g/mol. The van der Waals surface area contributed by atoms with Crippen LogP contribution in [-0.2, 0) is 11.3 Å². The summed E-state index contributed by atoms with van der Waals surface area (Å²) in [7, 11) is 1.63. The lowest BCUT2D eigenvalue weighted by Gasteiger charge is -2.07. The molecule has 0 fully saturated rings. The van der Waals surface area contributed by atoms with Crippen LogP contribution >= 0.6 is 11.8 Å². The van der Waals surface area contributed by atoms with Crippen LogP contribution in [0.15, 0.2) is 71.9 Å². The molecule has 6 heteroatoms. The first-order valence-corrected chi connectivity index (χ1v) is 8.85. The Kier molecular flexibility index (Phi) is 5.74. The molecule has 0 aliphatic heterocycles. The monoisotopic (exact) mass is 353 g/mol. The molecule has 0 saturated heterocycles. The van der Waals surface area contributed by atoms with Crippen LogP contribution in [0.4, 0.5) is 0 Å². The highest BCUT2D eigenvalue weighted by molar-refractivity contribution is 8.00. The molecule has 0 aliphatic rings. The van der Waals surface area contributed by atoms with Crippen LogP contribution in [0.2, 0.25) is 0 Å². The Morgan fingerprint density at radius 2 is 2.04 bits per heavy atom. The van der Waals surface area contributed by atoms with Gasteiger partial charge in [0.15, 0.2) is 0 Å². The van der Waals surface area contributed by atoms with Crippen molar-refractivity contribution in [1.29, 1.82) is 0 Å². The molecule has 1 heterocycles. The van der Waals surface area contributed by atoms with Crippen molar-refractivity contribution in [2.45, 2.75) is 11.4 Å². The van der Waals surface area contributed by atoms with Crippen LogP contribution in [-0.4, -0.2) is 28.6 Å². The number of carbonyl (C=O) groups is 1. The van der Waals surface area contributed by atoms with Gasteiger partial charge in [-0.3, -0.25) is 4.79 Å². The van der Waals surface area contributed by atoms with Crippen molar-refractivity contribution in [3.63, 3.8) is 0 Å². The van der Waals surface area contributed by atoms with Crippen LogP contribution in [0.1, 0.15) is 5.56 Å². The maximum Gasteiger partial charge on any atom is 0.230 e. The number of benzene rings is 2. The van der Waals surface area contributed by atoms with Gasteiger partial charge in [-0.2, -0.15) is 5.10 Å². The number of carbonyl (C=O) groups excluding carboxylic acids is 1. The molecule has 25 heavy (non-hydrogen) atoms. The number of amides is 1. The van der Waals surface area contributed by atoms with Gasteiger partial charge in [0.25, 0.3) is 0 Å². The lowest BCUT2D eigenvalue weighted by Crippen LogP contribution is -2.24. The largest absolute Gasteiger partial charge is 0.497 e. The van der Waals surface area contributed by atoms with Gasteiger partial charge in [0.2, 0.25) is 5.91 Å². The predicted octanol–water partition coefficient (Wildman–Crippen LogP) is 3.29. The zero-order valence-corrected chi connectivity index (χ0v) is 14.7. The summed E-state index contributed by atoms with van der Waals surface area (Å²) in [4.78, 5) is 13.0. The molecular weight excluding hydrogens is 334 g/mol. The first kappa shape index (κ1) is 17.1. The third-order valence-corrected chi connectivity index (χ3v) is 4.60. The van der Waals surface area contributed by atoms with Gasteiger partial charge in [0.1, 0.15) is 5.75 Å². The standard InChI is InChI=1S/C19H19N3O2S/c1-24-17-4-2-5-18(12-17)25-14-19(23)20-13-15-6-8-16(9-7-15)22-11-3-10-21-22/h2-12H,13-14H2,1H3,(H,20,23). The number of nitrogens with zero attached hydrogens (tertiary/aromatic N) is 2. The average Bonchev–Trinajstić information content (AvgIpc) is 3.20. The Hall–Kier alpha value is -2.73. The fourth-order valence-electron chi connectivity index (χ4n) is 2.28. The van der Waals surface area contributed by atoms with E-state index in [4.69, 9.17) is 4.74 Å². The number of methoxy groups -OCH3 is 1. The molecule has 0 unspecified atom stereocenters. The van der Waals surface area contributed by atoms with Crippen molar-refractivity contribution in [2.24, 2.45) is 0 Å². The molecule has 3 aromatic rings. The van der Waals surface area contributed by atoms with Crippen molar-refractivity contribution in [1.82, 2.24) is 15.1 Å². The third kappa shape index (κ3) is 4.87. The van der Waals surface area contributed by atoms with Crippen LogP contribution < -0.4 is 10.1 Å². The SMILES string of the molecule is COc1cccc(SCC(=O)NCc2ccc(-n3cccn3)cc2)c1. The molecule has 0 spiro atoms. The first-order chi connectivity index (χ1) is 12.2. The zero-order valence-electron chi connectivity index (χ0n) is 13.9. The Morgan fingerprint density at radius 3 is 2.76 bits per heavy atom. The summed E-state index contributed by atoms with van der Waals surface area (Å²) >= 11 is 1.49. The molecule has 128 valence electrons. The summed E-state index contributed by atoms with van der Waals surface area (Å²) in [6.45, 7) is 0.511. The van der Waals surface area contributed by atoms with E-state index in [0.717, 1.165) is 21.9 Å². The summed E-state index contributed by atoms with van der Waals surface area (Å²) in [5, 5.41) is 7.13. The molecule has 1 aromatic heterocycles. The molecule has 0 radical (unpaired) electrons.